The van der Waals surface area contributed by atoms with E-state index in [0.717, 1.165) is 22.2 Å². The first-order valence-corrected chi connectivity index (χ1v) is 7.79. The number of carbonyl (C=O) groups excluding carboxylic acids is 2. The summed E-state index contributed by atoms with van der Waals surface area (Å²) >= 11 is 0. The van der Waals surface area contributed by atoms with Crippen LogP contribution >= 0.6 is 0 Å². The number of likely N-dealkylation sites (N-methyl/N-ethyl adjacent to an activating group) is 1. The normalized spacial score (nSPS) is 10.6. The lowest BCUT2D eigenvalue weighted by molar-refractivity contribution is -0.134. The largest absolute Gasteiger partial charge is 0.452 e. The average Bonchev–Trinajstić information content (AvgIpc) is 2.53. The highest BCUT2D eigenvalue weighted by Gasteiger charge is 2.17. The Morgan fingerprint density at radius 3 is 2.48 bits per heavy atom. The zero-order valence-corrected chi connectivity index (χ0v) is 14.0. The molecule has 1 aromatic carbocycles. The number of hydrogen-bond acceptors (Lipinski definition) is 4. The van der Waals surface area contributed by atoms with E-state index < -0.39 is 5.97 Å². The van der Waals surface area contributed by atoms with Gasteiger partial charge in [0.2, 0.25) is 0 Å². The Labute approximate surface area is 136 Å². The zero-order chi connectivity index (χ0) is 17.0. The van der Waals surface area contributed by atoms with Gasteiger partial charge in [-0.15, -0.1) is 0 Å². The van der Waals surface area contributed by atoms with Gasteiger partial charge in [0, 0.05) is 24.2 Å². The van der Waals surface area contributed by atoms with Crippen LogP contribution in [-0.2, 0) is 9.53 Å². The Kier molecular flexibility index (Phi) is 5.32. The van der Waals surface area contributed by atoms with Crippen LogP contribution in [0.15, 0.2) is 24.3 Å². The summed E-state index contributed by atoms with van der Waals surface area (Å²) in [6.07, 6.45) is 0. The van der Waals surface area contributed by atoms with Gasteiger partial charge in [0.15, 0.2) is 6.61 Å². The molecule has 1 heterocycles. The number of hydrogen-bond donors (Lipinski definition) is 0. The zero-order valence-electron chi connectivity index (χ0n) is 14.0. The second-order valence-electron chi connectivity index (χ2n) is 5.47. The third kappa shape index (κ3) is 3.86. The van der Waals surface area contributed by atoms with Crippen molar-refractivity contribution in [1.82, 2.24) is 9.88 Å². The van der Waals surface area contributed by atoms with Crippen molar-refractivity contribution < 1.29 is 14.3 Å². The quantitative estimate of drug-likeness (QED) is 0.796. The van der Waals surface area contributed by atoms with Crippen LogP contribution in [0.1, 0.15) is 35.5 Å². The topological polar surface area (TPSA) is 59.5 Å². The highest BCUT2D eigenvalue weighted by Crippen LogP contribution is 2.20. The molecule has 0 radical (unpaired) electrons. The van der Waals surface area contributed by atoms with Crippen LogP contribution in [0.3, 0.4) is 0 Å². The fourth-order valence-electron chi connectivity index (χ4n) is 2.51. The monoisotopic (exact) mass is 314 g/mol. The first-order chi connectivity index (χ1) is 11.0. The fourth-order valence-corrected chi connectivity index (χ4v) is 2.51. The van der Waals surface area contributed by atoms with Crippen molar-refractivity contribution >= 4 is 22.8 Å². The van der Waals surface area contributed by atoms with Gasteiger partial charge in [-0.2, -0.15) is 0 Å². The number of rotatable bonds is 5. The van der Waals surface area contributed by atoms with Crippen molar-refractivity contribution in [2.75, 3.05) is 19.7 Å². The van der Waals surface area contributed by atoms with E-state index >= 15 is 0 Å². The molecule has 5 heteroatoms. The third-order valence-electron chi connectivity index (χ3n) is 3.76. The summed E-state index contributed by atoms with van der Waals surface area (Å²) in [5, 5.41) is 0.746. The molecule has 0 saturated heterocycles. The minimum Gasteiger partial charge on any atom is -0.452 e. The van der Waals surface area contributed by atoms with E-state index in [-0.39, 0.29) is 12.5 Å². The summed E-state index contributed by atoms with van der Waals surface area (Å²) in [7, 11) is 0. The number of benzene rings is 1. The standard InChI is InChI=1S/C18H22N2O3/c1-5-20(6-2)17(21)11-23-18(22)15-10-13(4)19-16-8-7-12(3)9-14(15)16/h7-10H,5-6,11H2,1-4H3. The van der Waals surface area contributed by atoms with Crippen molar-refractivity contribution in [2.24, 2.45) is 0 Å². The Morgan fingerprint density at radius 2 is 1.83 bits per heavy atom. The van der Waals surface area contributed by atoms with Crippen LogP contribution in [0.2, 0.25) is 0 Å². The van der Waals surface area contributed by atoms with Crippen molar-refractivity contribution in [2.45, 2.75) is 27.7 Å². The lowest BCUT2D eigenvalue weighted by Gasteiger charge is -2.18. The molecule has 2 aromatic rings. The molecule has 5 nitrogen and oxygen atoms in total. The molecule has 0 N–H and O–H groups in total. The Bertz CT molecular complexity index is 736. The molecule has 0 aliphatic carbocycles. The molecule has 0 aliphatic rings. The smallest absolute Gasteiger partial charge is 0.339 e. The number of nitrogens with zero attached hydrogens (tertiary/aromatic N) is 2. The number of aryl methyl sites for hydroxylation is 2. The van der Waals surface area contributed by atoms with Crippen LogP contribution in [-0.4, -0.2) is 41.5 Å². The summed E-state index contributed by atoms with van der Waals surface area (Å²) in [6, 6.07) is 7.44. The lowest BCUT2D eigenvalue weighted by Crippen LogP contribution is -2.34. The first-order valence-electron chi connectivity index (χ1n) is 7.79. The SMILES string of the molecule is CCN(CC)C(=O)COC(=O)c1cc(C)nc2ccc(C)cc12. The third-order valence-corrected chi connectivity index (χ3v) is 3.76. The van der Waals surface area contributed by atoms with Crippen LogP contribution < -0.4 is 0 Å². The highest BCUT2D eigenvalue weighted by atomic mass is 16.5. The second-order valence-corrected chi connectivity index (χ2v) is 5.47. The minimum atomic E-state index is -0.494. The molecule has 23 heavy (non-hydrogen) atoms. The number of esters is 1. The van der Waals surface area contributed by atoms with E-state index in [0.29, 0.717) is 18.7 Å². The van der Waals surface area contributed by atoms with Crippen LogP contribution in [0.4, 0.5) is 0 Å². The van der Waals surface area contributed by atoms with E-state index in [9.17, 15) is 9.59 Å². The van der Waals surface area contributed by atoms with Gasteiger partial charge in [-0.3, -0.25) is 9.78 Å². The predicted molar refractivity (Wildman–Crippen MR) is 89.4 cm³/mol. The summed E-state index contributed by atoms with van der Waals surface area (Å²) in [5.74, 6) is -0.679. The summed E-state index contributed by atoms with van der Waals surface area (Å²) < 4.78 is 5.22. The average molecular weight is 314 g/mol. The summed E-state index contributed by atoms with van der Waals surface area (Å²) in [5.41, 5.74) is 2.97. The molecule has 122 valence electrons. The second kappa shape index (κ2) is 7.22. The van der Waals surface area contributed by atoms with Gasteiger partial charge in [0.05, 0.1) is 11.1 Å². The van der Waals surface area contributed by atoms with Crippen molar-refractivity contribution in [1.29, 1.82) is 0 Å². The van der Waals surface area contributed by atoms with E-state index in [1.165, 1.54) is 0 Å². The van der Waals surface area contributed by atoms with Crippen LogP contribution in [0.25, 0.3) is 10.9 Å². The molecule has 0 unspecified atom stereocenters. The summed E-state index contributed by atoms with van der Waals surface area (Å²) in [4.78, 5) is 30.4. The summed E-state index contributed by atoms with van der Waals surface area (Å²) in [6.45, 7) is 8.54. The van der Waals surface area contributed by atoms with Gasteiger partial charge in [-0.25, -0.2) is 4.79 Å². The van der Waals surface area contributed by atoms with Crippen molar-refractivity contribution in [3.05, 3.63) is 41.1 Å². The molecule has 1 amide bonds. The molecule has 1 aromatic heterocycles. The van der Waals surface area contributed by atoms with E-state index in [1.54, 1.807) is 11.0 Å². The minimum absolute atomic E-state index is 0.186. The van der Waals surface area contributed by atoms with E-state index in [1.807, 2.05) is 45.9 Å². The highest BCUT2D eigenvalue weighted by molar-refractivity contribution is 6.04. The number of aromatic nitrogens is 1. The van der Waals surface area contributed by atoms with Gasteiger partial charge >= 0.3 is 5.97 Å². The number of ether oxygens (including phenoxy) is 1. The fraction of sp³-hybridized carbons (Fsp3) is 0.389. The van der Waals surface area contributed by atoms with Crippen molar-refractivity contribution in [3.63, 3.8) is 0 Å². The molecule has 0 aliphatic heterocycles. The maximum atomic E-state index is 12.4. The molecule has 2 rings (SSSR count). The number of fused-ring (bicyclic) bond motifs is 1. The van der Waals surface area contributed by atoms with Gasteiger partial charge in [-0.1, -0.05) is 11.6 Å². The Morgan fingerprint density at radius 1 is 1.13 bits per heavy atom. The predicted octanol–water partition coefficient (Wildman–Crippen LogP) is 2.88. The lowest BCUT2D eigenvalue weighted by atomic mass is 10.1. The molecular formula is C18H22N2O3. The molecule has 0 saturated carbocycles. The Hall–Kier alpha value is -2.43. The Balaban J connectivity index is 2.24. The van der Waals surface area contributed by atoms with Gasteiger partial charge in [0.1, 0.15) is 0 Å². The van der Waals surface area contributed by atoms with Gasteiger partial charge < -0.3 is 9.64 Å². The van der Waals surface area contributed by atoms with E-state index in [4.69, 9.17) is 4.74 Å². The molecular weight excluding hydrogens is 292 g/mol. The van der Waals surface area contributed by atoms with Gasteiger partial charge in [-0.05, 0) is 45.9 Å². The van der Waals surface area contributed by atoms with Crippen molar-refractivity contribution in [3.8, 4) is 0 Å². The number of amides is 1. The van der Waals surface area contributed by atoms with Gasteiger partial charge in [0.25, 0.3) is 5.91 Å². The maximum Gasteiger partial charge on any atom is 0.339 e. The van der Waals surface area contributed by atoms with E-state index in [2.05, 4.69) is 4.98 Å². The number of pyridine rings is 1. The molecule has 0 bridgehead atoms. The molecule has 0 fully saturated rings. The first kappa shape index (κ1) is 16.9. The maximum absolute atomic E-state index is 12.4. The molecule has 0 spiro atoms. The van der Waals surface area contributed by atoms with Crippen LogP contribution in [0.5, 0.6) is 0 Å². The molecule has 0 atom stereocenters. The van der Waals surface area contributed by atoms with Crippen LogP contribution in [0, 0.1) is 13.8 Å². The number of carbonyl (C=O) groups is 2.